The Hall–Kier alpha value is -3.32. The van der Waals surface area contributed by atoms with Gasteiger partial charge >= 0.3 is 0 Å². The van der Waals surface area contributed by atoms with Crippen molar-refractivity contribution in [2.45, 2.75) is 6.54 Å². The maximum Gasteiger partial charge on any atom is 0.262 e. The first-order valence-electron chi connectivity index (χ1n) is 8.73. The topological polar surface area (TPSA) is 64.9 Å². The van der Waals surface area contributed by atoms with Crippen molar-refractivity contribution in [2.75, 3.05) is 19.0 Å². The molecule has 1 aromatic heterocycles. The van der Waals surface area contributed by atoms with Crippen molar-refractivity contribution in [3.63, 3.8) is 0 Å². The number of fused-ring (bicyclic) bond motifs is 1. The lowest BCUT2D eigenvalue weighted by molar-refractivity contribution is -0.118. The van der Waals surface area contributed by atoms with Gasteiger partial charge in [0.2, 0.25) is 0 Å². The third-order valence-electron chi connectivity index (χ3n) is 4.32. The van der Waals surface area contributed by atoms with Crippen molar-refractivity contribution in [3.05, 3.63) is 65.3 Å². The number of methoxy groups -OCH3 is 1. The number of aromatic nitrogens is 1. The average molecular weight is 393 g/mol. The SMILES string of the molecule is C=CCn1c(-c2ccc3c(c2)NC(=O)CO3)csc1=Nc1ccccc1OC. The molecule has 0 aliphatic carbocycles. The first kappa shape index (κ1) is 18.1. The molecule has 4 rings (SSSR count). The lowest BCUT2D eigenvalue weighted by atomic mass is 10.1. The van der Waals surface area contributed by atoms with E-state index in [1.54, 1.807) is 7.11 Å². The number of para-hydroxylation sites is 2. The van der Waals surface area contributed by atoms with E-state index in [0.717, 1.165) is 27.5 Å². The standard InChI is InChI=1S/C21H19N3O3S/c1-3-10-24-17(14-8-9-19-16(11-14)22-20(25)12-27-19)13-28-21(24)23-15-6-4-5-7-18(15)26-2/h3-9,11,13H,1,10,12H2,2H3,(H,22,25). The first-order chi connectivity index (χ1) is 13.7. The number of nitrogens with zero attached hydrogens (tertiary/aromatic N) is 2. The molecule has 1 amide bonds. The molecular weight excluding hydrogens is 374 g/mol. The van der Waals surface area contributed by atoms with Gasteiger partial charge in [-0.2, -0.15) is 0 Å². The zero-order valence-corrected chi connectivity index (χ0v) is 16.2. The Morgan fingerprint density at radius 1 is 1.36 bits per heavy atom. The Morgan fingerprint density at radius 3 is 3.04 bits per heavy atom. The van der Waals surface area contributed by atoms with Gasteiger partial charge in [0, 0.05) is 17.5 Å². The Labute approximate surface area is 166 Å². The van der Waals surface area contributed by atoms with Crippen LogP contribution in [-0.2, 0) is 11.3 Å². The van der Waals surface area contributed by atoms with Crippen molar-refractivity contribution >= 4 is 28.6 Å². The number of hydrogen-bond acceptors (Lipinski definition) is 5. The van der Waals surface area contributed by atoms with E-state index in [2.05, 4.69) is 16.5 Å². The van der Waals surface area contributed by atoms with Gasteiger partial charge in [-0.25, -0.2) is 4.99 Å². The largest absolute Gasteiger partial charge is 0.494 e. The maximum absolute atomic E-state index is 11.6. The second-order valence-electron chi connectivity index (χ2n) is 6.13. The molecule has 0 fully saturated rings. The highest BCUT2D eigenvalue weighted by atomic mass is 32.1. The van der Waals surface area contributed by atoms with Gasteiger partial charge in [0.1, 0.15) is 17.2 Å². The fourth-order valence-electron chi connectivity index (χ4n) is 3.02. The van der Waals surface area contributed by atoms with Gasteiger partial charge in [-0.05, 0) is 30.3 Å². The third kappa shape index (κ3) is 3.44. The minimum Gasteiger partial charge on any atom is -0.494 e. The zero-order valence-electron chi connectivity index (χ0n) is 15.3. The fourth-order valence-corrected chi connectivity index (χ4v) is 3.95. The zero-order chi connectivity index (χ0) is 19.5. The first-order valence-corrected chi connectivity index (χ1v) is 9.61. The maximum atomic E-state index is 11.6. The molecule has 1 aliphatic heterocycles. The molecule has 0 saturated heterocycles. The number of amides is 1. The number of allylic oxidation sites excluding steroid dienone is 1. The normalized spacial score (nSPS) is 13.5. The van der Waals surface area contributed by atoms with E-state index in [-0.39, 0.29) is 12.5 Å². The van der Waals surface area contributed by atoms with E-state index in [0.29, 0.717) is 18.0 Å². The van der Waals surface area contributed by atoms with Crippen molar-refractivity contribution in [1.82, 2.24) is 4.57 Å². The molecule has 0 unspecified atom stereocenters. The lowest BCUT2D eigenvalue weighted by Crippen LogP contribution is -2.25. The lowest BCUT2D eigenvalue weighted by Gasteiger charge is -2.18. The van der Waals surface area contributed by atoms with E-state index in [9.17, 15) is 4.79 Å². The predicted octanol–water partition coefficient (Wildman–Crippen LogP) is 3.97. The molecule has 0 saturated carbocycles. The Morgan fingerprint density at radius 2 is 2.21 bits per heavy atom. The monoisotopic (exact) mass is 393 g/mol. The molecule has 2 heterocycles. The van der Waals surface area contributed by atoms with Gasteiger partial charge in [0.15, 0.2) is 11.4 Å². The van der Waals surface area contributed by atoms with Crippen LogP contribution in [0.5, 0.6) is 11.5 Å². The van der Waals surface area contributed by atoms with Crippen LogP contribution >= 0.6 is 11.3 Å². The van der Waals surface area contributed by atoms with Gasteiger partial charge < -0.3 is 19.4 Å². The summed E-state index contributed by atoms with van der Waals surface area (Å²) in [5.74, 6) is 1.24. The molecule has 6 nitrogen and oxygen atoms in total. The number of nitrogens with one attached hydrogen (secondary N) is 1. The molecule has 1 aliphatic rings. The Kier molecular flexibility index (Phi) is 4.99. The minimum absolute atomic E-state index is 0.0448. The highest BCUT2D eigenvalue weighted by molar-refractivity contribution is 7.07. The van der Waals surface area contributed by atoms with Crippen LogP contribution < -0.4 is 19.6 Å². The van der Waals surface area contributed by atoms with Crippen molar-refractivity contribution in [1.29, 1.82) is 0 Å². The smallest absolute Gasteiger partial charge is 0.262 e. The van der Waals surface area contributed by atoms with Gasteiger partial charge in [0.05, 0.1) is 18.5 Å². The molecule has 142 valence electrons. The van der Waals surface area contributed by atoms with E-state index >= 15 is 0 Å². The second-order valence-corrected chi connectivity index (χ2v) is 6.97. The predicted molar refractivity (Wildman–Crippen MR) is 110 cm³/mol. The number of benzene rings is 2. The quantitative estimate of drug-likeness (QED) is 0.667. The van der Waals surface area contributed by atoms with Crippen LogP contribution in [0, 0.1) is 0 Å². The van der Waals surface area contributed by atoms with Crippen LogP contribution in [-0.4, -0.2) is 24.2 Å². The molecule has 0 spiro atoms. The minimum atomic E-state index is -0.152. The van der Waals surface area contributed by atoms with E-state index < -0.39 is 0 Å². The van der Waals surface area contributed by atoms with Crippen LogP contribution in [0.2, 0.25) is 0 Å². The summed E-state index contributed by atoms with van der Waals surface area (Å²) in [5.41, 5.74) is 3.39. The number of hydrogen-bond donors (Lipinski definition) is 1. The average Bonchev–Trinajstić information content (AvgIpc) is 3.10. The van der Waals surface area contributed by atoms with Crippen molar-refractivity contribution in [2.24, 2.45) is 4.99 Å². The van der Waals surface area contributed by atoms with E-state index in [1.807, 2.05) is 53.9 Å². The summed E-state index contributed by atoms with van der Waals surface area (Å²) in [6, 6.07) is 13.4. The molecule has 3 aromatic rings. The Bertz CT molecular complexity index is 1110. The van der Waals surface area contributed by atoms with Crippen LogP contribution in [0.15, 0.2) is 65.5 Å². The fraction of sp³-hybridized carbons (Fsp3) is 0.143. The van der Waals surface area contributed by atoms with Gasteiger partial charge in [-0.3, -0.25) is 4.79 Å². The number of rotatable bonds is 5. The number of carbonyl (C=O) groups is 1. The highest BCUT2D eigenvalue weighted by Crippen LogP contribution is 2.33. The summed E-state index contributed by atoms with van der Waals surface area (Å²) in [5, 5.41) is 4.90. The molecule has 0 radical (unpaired) electrons. The second kappa shape index (κ2) is 7.74. The summed E-state index contributed by atoms with van der Waals surface area (Å²) in [7, 11) is 1.63. The van der Waals surface area contributed by atoms with Crippen LogP contribution in [0.4, 0.5) is 11.4 Å². The molecule has 7 heteroatoms. The summed E-state index contributed by atoms with van der Waals surface area (Å²) < 4.78 is 12.9. The van der Waals surface area contributed by atoms with Crippen LogP contribution in [0.3, 0.4) is 0 Å². The van der Waals surface area contributed by atoms with Gasteiger partial charge in [0.25, 0.3) is 5.91 Å². The summed E-state index contributed by atoms with van der Waals surface area (Å²) in [6.45, 7) is 4.52. The van der Waals surface area contributed by atoms with Gasteiger partial charge in [-0.1, -0.05) is 18.2 Å². The summed E-state index contributed by atoms with van der Waals surface area (Å²) >= 11 is 1.54. The number of carbonyl (C=O) groups excluding carboxylic acids is 1. The molecule has 0 atom stereocenters. The number of ether oxygens (including phenoxy) is 2. The van der Waals surface area contributed by atoms with Gasteiger partial charge in [-0.15, -0.1) is 17.9 Å². The third-order valence-corrected chi connectivity index (χ3v) is 5.18. The Balaban J connectivity index is 1.81. The van der Waals surface area contributed by atoms with Crippen molar-refractivity contribution < 1.29 is 14.3 Å². The summed E-state index contributed by atoms with van der Waals surface area (Å²) in [4.78, 5) is 17.3. The van der Waals surface area contributed by atoms with E-state index in [4.69, 9.17) is 14.5 Å². The summed E-state index contributed by atoms with van der Waals surface area (Å²) in [6.07, 6.45) is 1.83. The van der Waals surface area contributed by atoms with Crippen molar-refractivity contribution in [3.8, 4) is 22.8 Å². The highest BCUT2D eigenvalue weighted by Gasteiger charge is 2.17. The van der Waals surface area contributed by atoms with E-state index in [1.165, 1.54) is 11.3 Å². The van der Waals surface area contributed by atoms with Crippen LogP contribution in [0.25, 0.3) is 11.3 Å². The molecular formula is C21H19N3O3S. The molecule has 1 N–H and O–H groups in total. The molecule has 28 heavy (non-hydrogen) atoms. The number of anilines is 1. The molecule has 2 aromatic carbocycles. The molecule has 0 bridgehead atoms. The van der Waals surface area contributed by atoms with Crippen LogP contribution in [0.1, 0.15) is 0 Å². The number of thiazole rings is 1.